The molecule has 0 aliphatic rings. The number of nitrogens with zero attached hydrogens (tertiary/aromatic N) is 5. The number of hydrogen-bond acceptors (Lipinski definition) is 9. The third-order valence-electron chi connectivity index (χ3n) is 3.61. The summed E-state index contributed by atoms with van der Waals surface area (Å²) in [6.07, 6.45) is 0. The van der Waals surface area contributed by atoms with Crippen LogP contribution in [-0.4, -0.2) is 48.7 Å². The molecule has 0 aromatic carbocycles. The quantitative estimate of drug-likeness (QED) is 0.541. The van der Waals surface area contributed by atoms with Crippen LogP contribution in [0.25, 0.3) is 22.6 Å². The average molecular weight is 401 g/mol. The normalized spacial score (nSPS) is 10.9. The lowest BCUT2D eigenvalue weighted by Gasteiger charge is -2.08. The highest BCUT2D eigenvalue weighted by molar-refractivity contribution is 5.86. The molecular weight excluding hydrogens is 374 g/mol. The highest BCUT2D eigenvalue weighted by atomic mass is 16.6. The summed E-state index contributed by atoms with van der Waals surface area (Å²) in [5.74, 6) is 6.61. The summed E-state index contributed by atoms with van der Waals surface area (Å²) in [6, 6.07) is 1.75. The molecular formula is C19H27N7O3. The van der Waals surface area contributed by atoms with E-state index in [4.69, 9.17) is 20.8 Å². The largest absolute Gasteiger partial charge is 0.476 e. The Bertz CT molecular complexity index is 1020. The Morgan fingerprint density at radius 1 is 1.28 bits per heavy atom. The topological polar surface area (TPSA) is 151 Å². The number of hydrogen-bond donors (Lipinski definition) is 3. The molecule has 0 unspecified atom stereocenters. The van der Waals surface area contributed by atoms with Crippen molar-refractivity contribution in [3.63, 3.8) is 0 Å². The predicted octanol–water partition coefficient (Wildman–Crippen LogP) is 1.57. The number of pyridine rings is 1. The third-order valence-corrected chi connectivity index (χ3v) is 3.61. The molecule has 3 heterocycles. The van der Waals surface area contributed by atoms with Gasteiger partial charge in [0.15, 0.2) is 17.3 Å². The number of imidazole rings is 1. The van der Waals surface area contributed by atoms with Gasteiger partial charge >= 0.3 is 0 Å². The Kier molecular flexibility index (Phi) is 7.14. The number of aryl methyl sites for hydroxylation is 1. The van der Waals surface area contributed by atoms with Gasteiger partial charge in [0.05, 0.1) is 5.52 Å². The van der Waals surface area contributed by atoms with Crippen molar-refractivity contribution in [3.8, 4) is 29.2 Å². The Balaban J connectivity index is 0.00000145. The van der Waals surface area contributed by atoms with Crippen LogP contribution in [0.1, 0.15) is 40.3 Å². The first-order chi connectivity index (χ1) is 13.8. The van der Waals surface area contributed by atoms with E-state index in [2.05, 4.69) is 32.1 Å². The fourth-order valence-corrected chi connectivity index (χ4v) is 2.49. The maximum atomic E-state index is 9.93. The number of rotatable bonds is 5. The van der Waals surface area contributed by atoms with Gasteiger partial charge in [0, 0.05) is 19.2 Å². The van der Waals surface area contributed by atoms with Crippen molar-refractivity contribution in [1.29, 1.82) is 0 Å². The van der Waals surface area contributed by atoms with E-state index in [9.17, 15) is 5.11 Å². The molecule has 0 bridgehead atoms. The maximum Gasteiger partial charge on any atom is 0.216 e. The van der Waals surface area contributed by atoms with Crippen LogP contribution in [0, 0.1) is 11.8 Å². The molecule has 3 aromatic rings. The summed E-state index contributed by atoms with van der Waals surface area (Å²) in [5, 5.41) is 17.4. The monoisotopic (exact) mass is 401 g/mol. The molecule has 0 radical (unpaired) electrons. The molecule has 0 fully saturated rings. The summed E-state index contributed by atoms with van der Waals surface area (Å²) < 4.78 is 12.2. The van der Waals surface area contributed by atoms with E-state index >= 15 is 0 Å². The Morgan fingerprint density at radius 3 is 2.55 bits per heavy atom. The summed E-state index contributed by atoms with van der Waals surface area (Å²) >= 11 is 0. The minimum absolute atomic E-state index is 0.136. The van der Waals surface area contributed by atoms with Crippen molar-refractivity contribution >= 4 is 16.9 Å². The van der Waals surface area contributed by atoms with Crippen molar-refractivity contribution in [3.05, 3.63) is 11.8 Å². The van der Waals surface area contributed by atoms with Crippen LogP contribution in [0.2, 0.25) is 0 Å². The first-order valence-corrected chi connectivity index (χ1v) is 9.42. The molecule has 0 aliphatic heterocycles. The van der Waals surface area contributed by atoms with Gasteiger partial charge in [-0.1, -0.05) is 19.8 Å². The standard InChI is InChI=1S/C17H21N7O3.C2H6/c1-4-24-11-9-12(26-8-7-18)20-10(5-6-17(2,3)25)13(11)21-16(24)14-15(19)23-27-22-14;1-2/h9,25H,4,7-8,18H2,1-3H3,(H2,19,23);1-2H3. The highest BCUT2D eigenvalue weighted by Gasteiger charge is 2.21. The van der Waals surface area contributed by atoms with Crippen molar-refractivity contribution < 1.29 is 14.5 Å². The second-order valence-corrected chi connectivity index (χ2v) is 6.30. The molecule has 10 heteroatoms. The zero-order chi connectivity index (χ0) is 21.6. The summed E-state index contributed by atoms with van der Waals surface area (Å²) in [5.41, 5.74) is 12.1. The molecule has 0 atom stereocenters. The van der Waals surface area contributed by atoms with E-state index in [0.29, 0.717) is 48.3 Å². The first kappa shape index (κ1) is 22.1. The summed E-state index contributed by atoms with van der Waals surface area (Å²) in [7, 11) is 0. The lowest BCUT2D eigenvalue weighted by atomic mass is 10.1. The van der Waals surface area contributed by atoms with Crippen LogP contribution in [0.3, 0.4) is 0 Å². The van der Waals surface area contributed by atoms with Gasteiger partial charge in [0.1, 0.15) is 23.4 Å². The molecule has 10 nitrogen and oxygen atoms in total. The third kappa shape index (κ3) is 5.01. The maximum absolute atomic E-state index is 9.93. The van der Waals surface area contributed by atoms with Gasteiger partial charge in [-0.05, 0) is 37.0 Å². The zero-order valence-corrected chi connectivity index (χ0v) is 17.4. The van der Waals surface area contributed by atoms with Crippen LogP contribution in [-0.2, 0) is 6.54 Å². The molecule has 0 amide bonds. The van der Waals surface area contributed by atoms with E-state index in [1.54, 1.807) is 19.9 Å². The molecule has 0 saturated carbocycles. The SMILES string of the molecule is CC.CCn1c(-c2nonc2N)nc2c(C#CC(C)(C)O)nc(OCCN)cc21. The smallest absolute Gasteiger partial charge is 0.216 e. The van der Waals surface area contributed by atoms with E-state index in [-0.39, 0.29) is 5.82 Å². The molecule has 3 rings (SSSR count). The van der Waals surface area contributed by atoms with Gasteiger partial charge < -0.3 is 25.9 Å². The summed E-state index contributed by atoms with van der Waals surface area (Å²) in [4.78, 5) is 9.01. The van der Waals surface area contributed by atoms with Crippen LogP contribution in [0.5, 0.6) is 5.88 Å². The molecule has 0 aliphatic carbocycles. The Hall–Kier alpha value is -3.16. The van der Waals surface area contributed by atoms with Gasteiger partial charge in [-0.2, -0.15) is 0 Å². The van der Waals surface area contributed by atoms with Gasteiger partial charge in [-0.25, -0.2) is 14.6 Å². The molecule has 3 aromatic heterocycles. The number of nitrogens with two attached hydrogens (primary N) is 2. The second kappa shape index (κ2) is 9.36. The van der Waals surface area contributed by atoms with Crippen molar-refractivity contribution in [2.75, 3.05) is 18.9 Å². The fraction of sp³-hybridized carbons (Fsp3) is 0.474. The molecule has 156 valence electrons. The lowest BCUT2D eigenvalue weighted by Crippen LogP contribution is -2.14. The number of nitrogen functional groups attached to an aromatic ring is 1. The van der Waals surface area contributed by atoms with E-state index in [1.165, 1.54) is 0 Å². The molecule has 29 heavy (non-hydrogen) atoms. The van der Waals surface area contributed by atoms with Gasteiger partial charge in [-0.15, -0.1) is 0 Å². The minimum atomic E-state index is -1.18. The van der Waals surface area contributed by atoms with Crippen molar-refractivity contribution in [2.24, 2.45) is 5.73 Å². The zero-order valence-electron chi connectivity index (χ0n) is 17.4. The molecule has 0 saturated heterocycles. The Labute approximate surface area is 169 Å². The average Bonchev–Trinajstić information content (AvgIpc) is 3.28. The van der Waals surface area contributed by atoms with Crippen LogP contribution in [0.15, 0.2) is 10.7 Å². The molecule has 5 N–H and O–H groups in total. The Morgan fingerprint density at radius 2 is 2.00 bits per heavy atom. The second-order valence-electron chi connectivity index (χ2n) is 6.30. The van der Waals surface area contributed by atoms with Gasteiger partial charge in [0.25, 0.3) is 0 Å². The van der Waals surface area contributed by atoms with Crippen LogP contribution < -0.4 is 16.2 Å². The van der Waals surface area contributed by atoms with E-state index < -0.39 is 5.60 Å². The summed E-state index contributed by atoms with van der Waals surface area (Å²) in [6.45, 7) is 10.4. The highest BCUT2D eigenvalue weighted by Crippen LogP contribution is 2.29. The number of fused-ring (bicyclic) bond motifs is 1. The lowest BCUT2D eigenvalue weighted by molar-refractivity contribution is 0.143. The van der Waals surface area contributed by atoms with Crippen LogP contribution >= 0.6 is 0 Å². The van der Waals surface area contributed by atoms with Crippen molar-refractivity contribution in [1.82, 2.24) is 24.8 Å². The molecule has 0 spiro atoms. The van der Waals surface area contributed by atoms with Crippen molar-refractivity contribution in [2.45, 2.75) is 46.8 Å². The number of aromatic nitrogens is 5. The number of anilines is 1. The van der Waals surface area contributed by atoms with Gasteiger partial charge in [0.2, 0.25) is 5.88 Å². The fourth-order valence-electron chi connectivity index (χ4n) is 2.49. The van der Waals surface area contributed by atoms with Gasteiger partial charge in [-0.3, -0.25) is 0 Å². The van der Waals surface area contributed by atoms with Crippen LogP contribution in [0.4, 0.5) is 5.82 Å². The van der Waals surface area contributed by atoms with E-state index in [0.717, 1.165) is 5.52 Å². The first-order valence-electron chi connectivity index (χ1n) is 9.42. The van der Waals surface area contributed by atoms with E-state index in [1.807, 2.05) is 25.3 Å². The number of ether oxygens (including phenoxy) is 1. The number of aliphatic hydroxyl groups is 1. The minimum Gasteiger partial charge on any atom is -0.476 e. The predicted molar refractivity (Wildman–Crippen MR) is 110 cm³/mol.